The van der Waals surface area contributed by atoms with Crippen molar-refractivity contribution in [3.05, 3.63) is 218 Å². The van der Waals surface area contributed by atoms with E-state index >= 15 is 0 Å². The Kier molecular flexibility index (Phi) is 7.80. The second-order valence-corrected chi connectivity index (χ2v) is 16.0. The Labute approximate surface area is 362 Å². The number of hydrogen-bond acceptors (Lipinski definition) is 3. The molecule has 0 unspecified atom stereocenters. The fourth-order valence-corrected chi connectivity index (χ4v) is 9.76. The molecule has 4 aromatic heterocycles. The first-order chi connectivity index (χ1) is 31.3. The van der Waals surface area contributed by atoms with Crippen molar-refractivity contribution in [2.75, 3.05) is 0 Å². The maximum atomic E-state index is 5.37. The van der Waals surface area contributed by atoms with Crippen molar-refractivity contribution < 1.29 is 0 Å². The van der Waals surface area contributed by atoms with Gasteiger partial charge in [0.15, 0.2) is 11.6 Å². The summed E-state index contributed by atoms with van der Waals surface area (Å²) in [5.41, 5.74) is 12.8. The van der Waals surface area contributed by atoms with Gasteiger partial charge >= 0.3 is 0 Å². The van der Waals surface area contributed by atoms with Gasteiger partial charge in [-0.05, 0) is 53.6 Å². The molecule has 4 heterocycles. The molecule has 294 valence electrons. The second-order valence-electron chi connectivity index (χ2n) is 16.0. The van der Waals surface area contributed by atoms with Gasteiger partial charge in [0.1, 0.15) is 0 Å². The number of aromatic nitrogens is 6. The van der Waals surface area contributed by atoms with Crippen LogP contribution < -0.4 is 0 Å². The lowest BCUT2D eigenvalue weighted by molar-refractivity contribution is 0.953. The average Bonchev–Trinajstić information content (AvgIpc) is 4.01. The maximum Gasteiger partial charge on any atom is 0.238 e. The monoisotopic (exact) mass is 804 g/mol. The molecule has 0 spiro atoms. The number of benzene rings is 9. The first-order valence-corrected chi connectivity index (χ1v) is 21.3. The zero-order valence-corrected chi connectivity index (χ0v) is 34.0. The molecule has 0 aliphatic heterocycles. The molecule has 6 nitrogen and oxygen atoms in total. The molecule has 0 aliphatic carbocycles. The van der Waals surface area contributed by atoms with Crippen LogP contribution in [0.2, 0.25) is 0 Å². The van der Waals surface area contributed by atoms with Gasteiger partial charge in [-0.3, -0.25) is 4.57 Å². The van der Waals surface area contributed by atoms with Crippen LogP contribution in [0.5, 0.6) is 0 Å². The lowest BCUT2D eigenvalue weighted by Crippen LogP contribution is -2.07. The second kappa shape index (κ2) is 14.0. The molecule has 63 heavy (non-hydrogen) atoms. The third-order valence-electron chi connectivity index (χ3n) is 12.5. The van der Waals surface area contributed by atoms with E-state index in [0.29, 0.717) is 17.6 Å². The molecule has 6 heteroatoms. The predicted octanol–water partition coefficient (Wildman–Crippen LogP) is 14.2. The molecule has 13 rings (SSSR count). The highest BCUT2D eigenvalue weighted by Crippen LogP contribution is 2.46. The molecule has 0 aliphatic rings. The van der Waals surface area contributed by atoms with Gasteiger partial charge in [0.05, 0.1) is 38.8 Å². The molecular formula is C57H36N6. The van der Waals surface area contributed by atoms with E-state index in [1.807, 2.05) is 36.4 Å². The number of para-hydroxylation sites is 4. The van der Waals surface area contributed by atoms with Crippen LogP contribution in [0, 0.1) is 0 Å². The van der Waals surface area contributed by atoms with Gasteiger partial charge in [-0.15, -0.1) is 0 Å². The number of rotatable bonds is 6. The van der Waals surface area contributed by atoms with Crippen molar-refractivity contribution in [1.29, 1.82) is 0 Å². The first-order valence-electron chi connectivity index (χ1n) is 21.3. The van der Waals surface area contributed by atoms with Gasteiger partial charge in [-0.2, -0.15) is 9.97 Å². The van der Waals surface area contributed by atoms with Crippen molar-refractivity contribution >= 4 is 65.4 Å². The van der Waals surface area contributed by atoms with E-state index in [0.717, 1.165) is 88.3 Å². The summed E-state index contributed by atoms with van der Waals surface area (Å²) in [6, 6.07) is 77.4. The van der Waals surface area contributed by atoms with Crippen molar-refractivity contribution in [3.8, 4) is 51.2 Å². The van der Waals surface area contributed by atoms with Crippen molar-refractivity contribution in [2.24, 2.45) is 0 Å². The molecular weight excluding hydrogens is 769 g/mol. The molecule has 9 aromatic carbocycles. The van der Waals surface area contributed by atoms with E-state index in [4.69, 9.17) is 15.0 Å². The number of hydrogen-bond donors (Lipinski definition) is 0. The summed E-state index contributed by atoms with van der Waals surface area (Å²) < 4.78 is 7.21. The maximum absolute atomic E-state index is 5.37. The van der Waals surface area contributed by atoms with Crippen LogP contribution in [0.1, 0.15) is 0 Å². The molecule has 0 atom stereocenters. The van der Waals surface area contributed by atoms with E-state index in [2.05, 4.69) is 196 Å². The standard InChI is InChI=1S/C57H36N6/c1-4-19-37(20-5-1)40-25-18-26-41(35-40)61-50-34-17-13-30-45(50)52-51(62-47-31-14-10-27-42(47)43-28-11-15-32-48(43)62)36-46-44-29-12-16-33-49(44)63(53(46)54(52)61)57-59-55(38-21-6-2-7-22-38)58-56(60-57)39-23-8-3-9-24-39/h1-36H. The van der Waals surface area contributed by atoms with Gasteiger partial charge in [-0.1, -0.05) is 176 Å². The lowest BCUT2D eigenvalue weighted by atomic mass is 10.0. The predicted molar refractivity (Wildman–Crippen MR) is 259 cm³/mol. The Morgan fingerprint density at radius 1 is 0.286 bits per heavy atom. The van der Waals surface area contributed by atoms with Crippen molar-refractivity contribution in [1.82, 2.24) is 28.7 Å². The Morgan fingerprint density at radius 3 is 1.30 bits per heavy atom. The largest absolute Gasteiger partial charge is 0.309 e. The van der Waals surface area contributed by atoms with E-state index in [1.54, 1.807) is 0 Å². The van der Waals surface area contributed by atoms with Crippen molar-refractivity contribution in [2.45, 2.75) is 0 Å². The molecule has 0 radical (unpaired) electrons. The molecule has 0 N–H and O–H groups in total. The lowest BCUT2D eigenvalue weighted by Gasteiger charge is -2.16. The van der Waals surface area contributed by atoms with E-state index in [1.165, 1.54) is 10.8 Å². The number of fused-ring (bicyclic) bond motifs is 10. The molecule has 0 saturated carbocycles. The Hall–Kier alpha value is -8.61. The zero-order valence-electron chi connectivity index (χ0n) is 34.0. The highest BCUT2D eigenvalue weighted by molar-refractivity contribution is 6.27. The van der Waals surface area contributed by atoms with E-state index in [-0.39, 0.29) is 0 Å². The Bertz CT molecular complexity index is 3790. The Balaban J connectivity index is 1.25. The summed E-state index contributed by atoms with van der Waals surface area (Å²) in [6.07, 6.45) is 0. The van der Waals surface area contributed by atoms with E-state index in [9.17, 15) is 0 Å². The summed E-state index contributed by atoms with van der Waals surface area (Å²) in [5.74, 6) is 1.77. The average molecular weight is 805 g/mol. The molecule has 0 amide bonds. The third-order valence-corrected chi connectivity index (χ3v) is 12.5. The smallest absolute Gasteiger partial charge is 0.238 e. The van der Waals surface area contributed by atoms with Crippen LogP contribution in [0.15, 0.2) is 218 Å². The Morgan fingerprint density at radius 2 is 0.730 bits per heavy atom. The number of nitrogens with zero attached hydrogens (tertiary/aromatic N) is 6. The van der Waals surface area contributed by atoms with Crippen LogP contribution in [0.4, 0.5) is 0 Å². The minimum absolute atomic E-state index is 0.551. The molecule has 13 aromatic rings. The highest BCUT2D eigenvalue weighted by Gasteiger charge is 2.27. The zero-order chi connectivity index (χ0) is 41.4. The molecule has 0 bridgehead atoms. The SMILES string of the molecule is c1ccc(-c2cccc(-n3c4ccccc4c4c(-n5c6ccccc6c6ccccc65)cc5c6ccccc6n(-c6nc(-c7ccccc7)nc(-c7ccccc7)n6)c5c43)c2)cc1. The van der Waals surface area contributed by atoms with Crippen LogP contribution >= 0.6 is 0 Å². The fraction of sp³-hybridized carbons (Fsp3) is 0. The topological polar surface area (TPSA) is 53.5 Å². The normalized spacial score (nSPS) is 11.8. The fourth-order valence-electron chi connectivity index (χ4n) is 9.76. The van der Waals surface area contributed by atoms with Crippen LogP contribution in [-0.2, 0) is 0 Å². The third kappa shape index (κ3) is 5.41. The first kappa shape index (κ1) is 35.2. The van der Waals surface area contributed by atoms with Crippen LogP contribution in [0.3, 0.4) is 0 Å². The van der Waals surface area contributed by atoms with Crippen molar-refractivity contribution in [3.63, 3.8) is 0 Å². The minimum atomic E-state index is 0.551. The molecule has 0 saturated heterocycles. The molecule has 0 fully saturated rings. The summed E-state index contributed by atoms with van der Waals surface area (Å²) in [6.45, 7) is 0. The van der Waals surface area contributed by atoms with Gasteiger partial charge in [0.2, 0.25) is 5.95 Å². The summed E-state index contributed by atoms with van der Waals surface area (Å²) in [4.78, 5) is 15.8. The van der Waals surface area contributed by atoms with Gasteiger partial charge in [0, 0.05) is 49.1 Å². The van der Waals surface area contributed by atoms with E-state index < -0.39 is 0 Å². The van der Waals surface area contributed by atoms with Gasteiger partial charge in [-0.25, -0.2) is 4.98 Å². The quantitative estimate of drug-likeness (QED) is 0.168. The summed E-state index contributed by atoms with van der Waals surface area (Å²) >= 11 is 0. The highest BCUT2D eigenvalue weighted by atomic mass is 15.2. The summed E-state index contributed by atoms with van der Waals surface area (Å²) in [7, 11) is 0. The van der Waals surface area contributed by atoms with Crippen LogP contribution in [-0.4, -0.2) is 28.7 Å². The van der Waals surface area contributed by atoms with Gasteiger partial charge in [0.25, 0.3) is 0 Å². The van der Waals surface area contributed by atoms with Gasteiger partial charge < -0.3 is 9.13 Å². The summed E-state index contributed by atoms with van der Waals surface area (Å²) in [5, 5.41) is 6.93. The minimum Gasteiger partial charge on any atom is -0.309 e. The van der Waals surface area contributed by atoms with Crippen LogP contribution in [0.25, 0.3) is 117 Å².